The molecule has 5 nitrogen and oxygen atoms in total. The van der Waals surface area contributed by atoms with Crippen molar-refractivity contribution < 1.29 is 14.3 Å². The van der Waals surface area contributed by atoms with Gasteiger partial charge in [-0.15, -0.1) is 0 Å². The van der Waals surface area contributed by atoms with E-state index >= 15 is 0 Å². The lowest BCUT2D eigenvalue weighted by Gasteiger charge is -2.35. The largest absolute Gasteiger partial charge is 0.464 e. The molecule has 1 aromatic heterocycles. The van der Waals surface area contributed by atoms with Crippen molar-refractivity contribution in [2.45, 2.75) is 38.5 Å². The van der Waals surface area contributed by atoms with E-state index in [1.807, 2.05) is 12.1 Å². The summed E-state index contributed by atoms with van der Waals surface area (Å²) >= 11 is 0. The molecule has 1 saturated heterocycles. The minimum Gasteiger partial charge on any atom is -0.464 e. The number of carbonyl (C=O) groups is 1. The number of carbonyl (C=O) groups excluding carboxylic acids is 1. The predicted molar refractivity (Wildman–Crippen MR) is 91.3 cm³/mol. The van der Waals surface area contributed by atoms with Gasteiger partial charge in [0.2, 0.25) is 5.91 Å². The Labute approximate surface area is 141 Å². The van der Waals surface area contributed by atoms with Crippen LogP contribution in [0.2, 0.25) is 0 Å². The standard InChI is InChI=1S/C19H24N2O3/c1-12(22)20-17-7-15-10-21(11-16(15)8-18(17)23)9-13-2-3-19-14(6-13)4-5-24-19/h2-6,15-18,23H,7-11H2,1H3,(H,20,22)/t15-,16+,17-,18-/m1/s1. The zero-order chi connectivity index (χ0) is 16.7. The first kappa shape index (κ1) is 15.7. The second kappa shape index (κ2) is 6.22. The van der Waals surface area contributed by atoms with Crippen LogP contribution in [0, 0.1) is 11.8 Å². The molecule has 1 aliphatic carbocycles. The summed E-state index contributed by atoms with van der Waals surface area (Å²) in [6.07, 6.45) is 2.97. The Kier molecular flexibility index (Phi) is 4.06. The Morgan fingerprint density at radius 2 is 2.08 bits per heavy atom. The lowest BCUT2D eigenvalue weighted by Crippen LogP contribution is -2.48. The maximum absolute atomic E-state index is 11.3. The highest BCUT2D eigenvalue weighted by Crippen LogP contribution is 2.37. The third-order valence-electron chi connectivity index (χ3n) is 5.53. The number of hydrogen-bond donors (Lipinski definition) is 2. The van der Waals surface area contributed by atoms with Crippen molar-refractivity contribution in [3.8, 4) is 0 Å². The molecule has 4 atom stereocenters. The Morgan fingerprint density at radius 3 is 2.88 bits per heavy atom. The number of aliphatic hydroxyl groups excluding tert-OH is 1. The minimum atomic E-state index is -0.419. The highest BCUT2D eigenvalue weighted by molar-refractivity contribution is 5.77. The summed E-state index contributed by atoms with van der Waals surface area (Å²) in [6, 6.07) is 8.26. The molecule has 128 valence electrons. The van der Waals surface area contributed by atoms with Crippen molar-refractivity contribution in [2.75, 3.05) is 13.1 Å². The van der Waals surface area contributed by atoms with Crippen LogP contribution < -0.4 is 5.32 Å². The minimum absolute atomic E-state index is 0.0548. The van der Waals surface area contributed by atoms with Crippen LogP contribution >= 0.6 is 0 Å². The van der Waals surface area contributed by atoms with Crippen LogP contribution in [0.4, 0.5) is 0 Å². The topological polar surface area (TPSA) is 65.7 Å². The van der Waals surface area contributed by atoms with Gasteiger partial charge >= 0.3 is 0 Å². The molecule has 0 radical (unpaired) electrons. The van der Waals surface area contributed by atoms with Gasteiger partial charge in [-0.3, -0.25) is 9.69 Å². The van der Waals surface area contributed by atoms with Gasteiger partial charge < -0.3 is 14.8 Å². The van der Waals surface area contributed by atoms with Crippen LogP contribution in [0.5, 0.6) is 0 Å². The molecular weight excluding hydrogens is 304 g/mol. The van der Waals surface area contributed by atoms with Gasteiger partial charge in [0, 0.05) is 31.9 Å². The van der Waals surface area contributed by atoms with E-state index < -0.39 is 6.10 Å². The Hall–Kier alpha value is -1.85. The number of fused-ring (bicyclic) bond motifs is 2. The number of aliphatic hydroxyl groups is 1. The first-order valence-corrected chi connectivity index (χ1v) is 8.72. The molecule has 2 fully saturated rings. The zero-order valence-corrected chi connectivity index (χ0v) is 13.9. The second-order valence-electron chi connectivity index (χ2n) is 7.35. The first-order chi connectivity index (χ1) is 11.6. The molecule has 0 unspecified atom stereocenters. The van der Waals surface area contributed by atoms with Gasteiger partial charge in [-0.05, 0) is 48.4 Å². The zero-order valence-electron chi connectivity index (χ0n) is 13.9. The molecule has 2 heterocycles. The number of nitrogens with zero attached hydrogens (tertiary/aromatic N) is 1. The molecule has 0 bridgehead atoms. The van der Waals surface area contributed by atoms with Crippen LogP contribution in [-0.2, 0) is 11.3 Å². The quantitative estimate of drug-likeness (QED) is 0.906. The maximum atomic E-state index is 11.3. The molecule has 2 N–H and O–H groups in total. The van der Waals surface area contributed by atoms with Crippen molar-refractivity contribution in [1.82, 2.24) is 10.2 Å². The van der Waals surface area contributed by atoms with Crippen molar-refractivity contribution >= 4 is 16.9 Å². The normalized spacial score (nSPS) is 30.4. The molecule has 0 spiro atoms. The first-order valence-electron chi connectivity index (χ1n) is 8.72. The molecule has 24 heavy (non-hydrogen) atoms. The Balaban J connectivity index is 1.41. The van der Waals surface area contributed by atoms with Crippen molar-refractivity contribution in [2.24, 2.45) is 11.8 Å². The van der Waals surface area contributed by atoms with Crippen molar-refractivity contribution in [3.05, 3.63) is 36.1 Å². The average Bonchev–Trinajstić information content (AvgIpc) is 3.12. The fraction of sp³-hybridized carbons (Fsp3) is 0.526. The summed E-state index contributed by atoms with van der Waals surface area (Å²) in [6.45, 7) is 4.51. The Morgan fingerprint density at radius 1 is 1.29 bits per heavy atom. The van der Waals surface area contributed by atoms with Crippen LogP contribution in [0.1, 0.15) is 25.3 Å². The van der Waals surface area contributed by atoms with E-state index in [0.29, 0.717) is 11.8 Å². The third kappa shape index (κ3) is 3.06. The molecule has 1 aromatic carbocycles. The Bertz CT molecular complexity index is 741. The summed E-state index contributed by atoms with van der Waals surface area (Å²) in [5, 5.41) is 14.3. The molecule has 4 rings (SSSR count). The number of nitrogens with one attached hydrogen (secondary N) is 1. The summed E-state index contributed by atoms with van der Waals surface area (Å²) in [7, 11) is 0. The third-order valence-corrected chi connectivity index (χ3v) is 5.53. The average molecular weight is 328 g/mol. The van der Waals surface area contributed by atoms with E-state index in [4.69, 9.17) is 4.42 Å². The van der Waals surface area contributed by atoms with Crippen LogP contribution in [0.15, 0.2) is 34.9 Å². The second-order valence-corrected chi connectivity index (χ2v) is 7.35. The van der Waals surface area contributed by atoms with E-state index in [1.54, 1.807) is 6.26 Å². The smallest absolute Gasteiger partial charge is 0.217 e. The molecule has 1 aliphatic heterocycles. The lowest BCUT2D eigenvalue weighted by molar-refractivity contribution is -0.121. The van der Waals surface area contributed by atoms with E-state index in [1.165, 1.54) is 12.5 Å². The van der Waals surface area contributed by atoms with E-state index in [0.717, 1.165) is 43.4 Å². The van der Waals surface area contributed by atoms with Gasteiger partial charge in [0.15, 0.2) is 0 Å². The van der Waals surface area contributed by atoms with Gasteiger partial charge in [-0.2, -0.15) is 0 Å². The van der Waals surface area contributed by atoms with Crippen LogP contribution in [0.25, 0.3) is 11.0 Å². The number of likely N-dealkylation sites (tertiary alicyclic amines) is 1. The SMILES string of the molecule is CC(=O)N[C@@H]1C[C@@H]2CN(Cc3ccc4occc4c3)C[C@@H]2C[C@H]1O. The van der Waals surface area contributed by atoms with E-state index in [9.17, 15) is 9.90 Å². The van der Waals surface area contributed by atoms with Gasteiger partial charge in [-0.25, -0.2) is 0 Å². The summed E-state index contributed by atoms with van der Waals surface area (Å²) < 4.78 is 5.40. The van der Waals surface area contributed by atoms with Crippen LogP contribution in [-0.4, -0.2) is 41.1 Å². The number of hydrogen-bond acceptors (Lipinski definition) is 4. The number of benzene rings is 1. The number of rotatable bonds is 3. The molecule has 5 heteroatoms. The molecule has 2 aromatic rings. The molecule has 1 saturated carbocycles. The summed E-state index contributed by atoms with van der Waals surface area (Å²) in [5.74, 6) is 1.03. The van der Waals surface area contributed by atoms with Crippen LogP contribution in [0.3, 0.4) is 0 Å². The van der Waals surface area contributed by atoms with E-state index in [2.05, 4.69) is 22.3 Å². The van der Waals surface area contributed by atoms with Gasteiger partial charge in [0.25, 0.3) is 0 Å². The van der Waals surface area contributed by atoms with Crippen molar-refractivity contribution in [1.29, 1.82) is 0 Å². The number of amides is 1. The highest BCUT2D eigenvalue weighted by Gasteiger charge is 2.41. The number of furan rings is 1. The van der Waals surface area contributed by atoms with E-state index in [-0.39, 0.29) is 11.9 Å². The molecule has 2 aliphatic rings. The van der Waals surface area contributed by atoms with Gasteiger partial charge in [0.05, 0.1) is 18.4 Å². The summed E-state index contributed by atoms with van der Waals surface area (Å²) in [5.41, 5.74) is 2.22. The van der Waals surface area contributed by atoms with Gasteiger partial charge in [0.1, 0.15) is 5.58 Å². The fourth-order valence-electron chi connectivity index (χ4n) is 4.45. The molecule has 1 amide bonds. The maximum Gasteiger partial charge on any atom is 0.217 e. The fourth-order valence-corrected chi connectivity index (χ4v) is 4.45. The van der Waals surface area contributed by atoms with Gasteiger partial charge in [-0.1, -0.05) is 6.07 Å². The van der Waals surface area contributed by atoms with Crippen molar-refractivity contribution in [3.63, 3.8) is 0 Å². The highest BCUT2D eigenvalue weighted by atomic mass is 16.3. The molecular formula is C19H24N2O3. The monoisotopic (exact) mass is 328 g/mol. The summed E-state index contributed by atoms with van der Waals surface area (Å²) in [4.78, 5) is 13.8. The lowest BCUT2D eigenvalue weighted by atomic mass is 9.77. The predicted octanol–water partition coefficient (Wildman–Crippen LogP) is 2.14.